The first-order valence-electron chi connectivity index (χ1n) is 4.35. The number of rotatable bonds is 5. The molecule has 0 aliphatic rings. The van der Waals surface area contributed by atoms with Crippen LogP contribution in [0.25, 0.3) is 0 Å². The predicted octanol–water partition coefficient (Wildman–Crippen LogP) is 2.08. The van der Waals surface area contributed by atoms with Crippen molar-refractivity contribution in [3.05, 3.63) is 36.2 Å². The highest BCUT2D eigenvalue weighted by Gasteiger charge is 2.08. The molecule has 0 saturated carbocycles. The van der Waals surface area contributed by atoms with E-state index in [2.05, 4.69) is 29.9 Å². The van der Waals surface area contributed by atoms with E-state index in [1.165, 1.54) is 0 Å². The van der Waals surface area contributed by atoms with Gasteiger partial charge in [0.05, 0.1) is 0 Å². The van der Waals surface area contributed by atoms with E-state index < -0.39 is 0 Å². The molecule has 1 unspecified atom stereocenters. The lowest BCUT2D eigenvalue weighted by Crippen LogP contribution is -2.18. The fraction of sp³-hybridized carbons (Fsp3) is 0.273. The van der Waals surface area contributed by atoms with E-state index in [-0.39, 0.29) is 6.04 Å². The van der Waals surface area contributed by atoms with Crippen LogP contribution in [0.2, 0.25) is 0 Å². The van der Waals surface area contributed by atoms with Gasteiger partial charge in [0.25, 0.3) is 0 Å². The minimum Gasteiger partial charge on any atom is -0.324 e. The van der Waals surface area contributed by atoms with Crippen LogP contribution < -0.4 is 5.73 Å². The van der Waals surface area contributed by atoms with Gasteiger partial charge in [-0.15, -0.1) is 0 Å². The quantitative estimate of drug-likeness (QED) is 0.525. The first kappa shape index (κ1) is 12.5. The normalized spacial score (nSPS) is 14.8. The van der Waals surface area contributed by atoms with Gasteiger partial charge >= 0.3 is 0 Å². The van der Waals surface area contributed by atoms with Gasteiger partial charge in [0.2, 0.25) is 0 Å². The lowest BCUT2D eigenvalue weighted by atomic mass is 10.0. The summed E-state index contributed by atoms with van der Waals surface area (Å²) >= 11 is 0. The summed E-state index contributed by atoms with van der Waals surface area (Å²) in [5.74, 6) is 0.504. The van der Waals surface area contributed by atoms with Gasteiger partial charge < -0.3 is 5.73 Å². The Bertz CT molecular complexity index is 296. The molecule has 3 heteroatoms. The molecule has 0 radical (unpaired) electrons. The van der Waals surface area contributed by atoms with Crippen molar-refractivity contribution in [2.24, 2.45) is 15.7 Å². The van der Waals surface area contributed by atoms with Crippen LogP contribution >= 0.6 is 0 Å². The van der Waals surface area contributed by atoms with Crippen LogP contribution in [0.5, 0.6) is 0 Å². The Balaban J connectivity index is 5.28. The van der Waals surface area contributed by atoms with Crippen molar-refractivity contribution >= 4 is 12.9 Å². The fourth-order valence-electron chi connectivity index (χ4n) is 0.929. The first-order chi connectivity index (χ1) is 6.58. The van der Waals surface area contributed by atoms with Gasteiger partial charge in [-0.3, -0.25) is 0 Å². The van der Waals surface area contributed by atoms with Gasteiger partial charge in [0.15, 0.2) is 5.82 Å². The summed E-state index contributed by atoms with van der Waals surface area (Å²) in [5, 5.41) is 0. The monoisotopic (exact) mass is 191 g/mol. The largest absolute Gasteiger partial charge is 0.324 e. The molecule has 0 fully saturated rings. The molecule has 0 aromatic heterocycles. The summed E-state index contributed by atoms with van der Waals surface area (Å²) in [5.41, 5.74) is 7.21. The molecule has 2 N–H and O–H groups in total. The van der Waals surface area contributed by atoms with Crippen LogP contribution in [-0.4, -0.2) is 19.0 Å². The Hall–Kier alpha value is -1.48. The van der Waals surface area contributed by atoms with E-state index in [1.54, 1.807) is 19.2 Å². The number of nitrogens with zero attached hydrogens (tertiary/aromatic N) is 2. The Labute approximate surface area is 85.5 Å². The third-order valence-electron chi connectivity index (χ3n) is 1.74. The molecular weight excluding hydrogens is 174 g/mol. The maximum absolute atomic E-state index is 5.71. The summed E-state index contributed by atoms with van der Waals surface area (Å²) in [6.45, 7) is 14.6. The van der Waals surface area contributed by atoms with E-state index in [9.17, 15) is 0 Å². The average Bonchev–Trinajstić information content (AvgIpc) is 2.17. The fourth-order valence-corrected chi connectivity index (χ4v) is 0.929. The van der Waals surface area contributed by atoms with Crippen molar-refractivity contribution < 1.29 is 0 Å². The van der Waals surface area contributed by atoms with Crippen LogP contribution in [-0.2, 0) is 0 Å². The lowest BCUT2D eigenvalue weighted by molar-refractivity contribution is 0.874. The molecule has 0 spiro atoms. The Morgan fingerprint density at radius 1 is 1.50 bits per heavy atom. The molecule has 0 aliphatic carbocycles. The Morgan fingerprint density at radius 2 is 2.07 bits per heavy atom. The van der Waals surface area contributed by atoms with E-state index >= 15 is 0 Å². The van der Waals surface area contributed by atoms with Crippen molar-refractivity contribution in [3.8, 4) is 0 Å². The zero-order valence-corrected chi connectivity index (χ0v) is 8.83. The summed E-state index contributed by atoms with van der Waals surface area (Å²) in [6, 6.07) is -0.146. The van der Waals surface area contributed by atoms with Gasteiger partial charge in [-0.05, 0) is 26.1 Å². The number of hydrogen-bond donors (Lipinski definition) is 1. The van der Waals surface area contributed by atoms with Gasteiger partial charge in [-0.2, -0.15) is 0 Å². The average molecular weight is 191 g/mol. The second-order valence-corrected chi connectivity index (χ2v) is 2.80. The molecule has 1 atom stereocenters. The van der Waals surface area contributed by atoms with Crippen molar-refractivity contribution in [2.45, 2.75) is 19.9 Å². The van der Waals surface area contributed by atoms with E-state index in [1.807, 2.05) is 6.92 Å². The maximum atomic E-state index is 5.71. The zero-order valence-electron chi connectivity index (χ0n) is 8.83. The molecule has 14 heavy (non-hydrogen) atoms. The molecule has 0 rings (SSSR count). The highest BCUT2D eigenvalue weighted by molar-refractivity contribution is 5.58. The summed E-state index contributed by atoms with van der Waals surface area (Å²) in [6.07, 6.45) is 3.28. The molecule has 0 aliphatic heterocycles. The molecule has 3 nitrogen and oxygen atoms in total. The second kappa shape index (κ2) is 6.05. The molecule has 0 saturated heterocycles. The SMILES string of the molecule is C=C/C(C(=C)C(C)N)=C(N=C)\N=C/C. The van der Waals surface area contributed by atoms with Crippen LogP contribution in [0, 0.1) is 0 Å². The van der Waals surface area contributed by atoms with Crippen LogP contribution in [0.15, 0.2) is 46.2 Å². The summed E-state index contributed by atoms with van der Waals surface area (Å²) < 4.78 is 0. The van der Waals surface area contributed by atoms with Crippen molar-refractivity contribution in [1.29, 1.82) is 0 Å². The lowest BCUT2D eigenvalue weighted by Gasteiger charge is -2.11. The van der Waals surface area contributed by atoms with E-state index in [0.717, 1.165) is 11.1 Å². The Kier molecular flexibility index (Phi) is 5.41. The van der Waals surface area contributed by atoms with Crippen molar-refractivity contribution in [2.75, 3.05) is 0 Å². The molecular formula is C11H17N3. The van der Waals surface area contributed by atoms with E-state index in [0.29, 0.717) is 5.82 Å². The smallest absolute Gasteiger partial charge is 0.158 e. The third-order valence-corrected chi connectivity index (χ3v) is 1.74. The van der Waals surface area contributed by atoms with Crippen LogP contribution in [0.3, 0.4) is 0 Å². The topological polar surface area (TPSA) is 50.7 Å². The first-order valence-corrected chi connectivity index (χ1v) is 4.35. The van der Waals surface area contributed by atoms with Gasteiger partial charge in [0.1, 0.15) is 0 Å². The predicted molar refractivity (Wildman–Crippen MR) is 63.7 cm³/mol. The van der Waals surface area contributed by atoms with Gasteiger partial charge in [0, 0.05) is 17.8 Å². The summed E-state index contributed by atoms with van der Waals surface area (Å²) in [4.78, 5) is 7.85. The minimum absolute atomic E-state index is 0.146. The van der Waals surface area contributed by atoms with Crippen LogP contribution in [0.1, 0.15) is 13.8 Å². The number of hydrogen-bond acceptors (Lipinski definition) is 3. The molecule has 0 heterocycles. The molecule has 0 amide bonds. The van der Waals surface area contributed by atoms with Crippen molar-refractivity contribution in [3.63, 3.8) is 0 Å². The molecule has 0 bridgehead atoms. The maximum Gasteiger partial charge on any atom is 0.158 e. The van der Waals surface area contributed by atoms with Gasteiger partial charge in [-0.25, -0.2) is 9.98 Å². The number of allylic oxidation sites excluding steroid dienone is 1. The molecule has 76 valence electrons. The van der Waals surface area contributed by atoms with Crippen LogP contribution in [0.4, 0.5) is 0 Å². The highest BCUT2D eigenvalue weighted by Crippen LogP contribution is 2.18. The molecule has 0 aromatic carbocycles. The minimum atomic E-state index is -0.146. The van der Waals surface area contributed by atoms with Gasteiger partial charge in [-0.1, -0.05) is 19.2 Å². The molecule has 0 aromatic rings. The summed E-state index contributed by atoms with van der Waals surface area (Å²) in [7, 11) is 0. The van der Waals surface area contributed by atoms with Crippen molar-refractivity contribution in [1.82, 2.24) is 0 Å². The number of aliphatic imine (C=N–C) groups is 2. The third kappa shape index (κ3) is 3.11. The Morgan fingerprint density at radius 3 is 2.36 bits per heavy atom. The second-order valence-electron chi connectivity index (χ2n) is 2.80. The number of nitrogens with two attached hydrogens (primary N) is 1. The highest BCUT2D eigenvalue weighted by atomic mass is 14.9. The van der Waals surface area contributed by atoms with E-state index in [4.69, 9.17) is 5.73 Å². The standard InChI is InChI=1S/C11H17N3/c1-6-10(8(3)9(4)12)11(13-5)14-7-2/h6-7,9H,1,3,5,12H2,2,4H3/b11-10+,14-7-. The zero-order chi connectivity index (χ0) is 11.1.